The summed E-state index contributed by atoms with van der Waals surface area (Å²) in [6.45, 7) is 0. The van der Waals surface area contributed by atoms with Crippen molar-refractivity contribution in [1.29, 1.82) is 5.41 Å². The first-order valence-corrected chi connectivity index (χ1v) is 7.07. The van der Waals surface area contributed by atoms with Crippen molar-refractivity contribution in [3.8, 4) is 0 Å². The molecule has 0 aliphatic heterocycles. The highest BCUT2D eigenvalue weighted by Crippen LogP contribution is 2.08. The maximum atomic E-state index is 7.60. The molecule has 2 aromatic carbocycles. The van der Waals surface area contributed by atoms with Crippen molar-refractivity contribution < 1.29 is 0 Å². The topological polar surface area (TPSA) is 72.6 Å². The van der Waals surface area contributed by atoms with Crippen LogP contribution in [0.1, 0.15) is 11.1 Å². The van der Waals surface area contributed by atoms with Crippen molar-refractivity contribution in [2.75, 3.05) is 0 Å². The van der Waals surface area contributed by atoms with Crippen molar-refractivity contribution in [3.05, 3.63) is 69.7 Å². The second-order valence-electron chi connectivity index (χ2n) is 4.22. The normalized spacial score (nSPS) is 11.0. The van der Waals surface area contributed by atoms with Gasteiger partial charge in [-0.15, -0.1) is 0 Å². The van der Waals surface area contributed by atoms with E-state index in [-0.39, 0.29) is 5.96 Å². The third kappa shape index (κ3) is 5.55. The Bertz CT molecular complexity index is 619. The van der Waals surface area contributed by atoms with Crippen LogP contribution >= 0.6 is 23.2 Å². The summed E-state index contributed by atoms with van der Waals surface area (Å²) in [5, 5.41) is 16.7. The van der Waals surface area contributed by atoms with E-state index < -0.39 is 0 Å². The van der Waals surface area contributed by atoms with Crippen LogP contribution in [-0.4, -0.2) is 18.4 Å². The summed E-state index contributed by atoms with van der Waals surface area (Å²) in [6.07, 6.45) is 3.16. The molecule has 0 heterocycles. The molecule has 7 heteroatoms. The van der Waals surface area contributed by atoms with Crippen LogP contribution in [0.5, 0.6) is 0 Å². The highest BCUT2D eigenvalue weighted by molar-refractivity contribution is 6.30. The smallest absolute Gasteiger partial charge is 0.230 e. The van der Waals surface area contributed by atoms with E-state index in [4.69, 9.17) is 28.6 Å². The molecule has 0 unspecified atom stereocenters. The van der Waals surface area contributed by atoms with Gasteiger partial charge in [-0.25, -0.2) is 10.9 Å². The Morgan fingerprint density at radius 1 is 0.773 bits per heavy atom. The van der Waals surface area contributed by atoms with E-state index in [1.807, 2.05) is 24.3 Å². The lowest BCUT2D eigenvalue weighted by molar-refractivity contribution is 0.893. The number of hydrogen-bond donors (Lipinski definition) is 3. The zero-order chi connectivity index (χ0) is 15.8. The van der Waals surface area contributed by atoms with Gasteiger partial charge in [0.1, 0.15) is 0 Å². The molecule has 3 N–H and O–H groups in total. The van der Waals surface area contributed by atoms with Crippen molar-refractivity contribution in [3.63, 3.8) is 0 Å². The minimum atomic E-state index is -0.0459. The molecule has 0 fully saturated rings. The summed E-state index contributed by atoms with van der Waals surface area (Å²) in [6, 6.07) is 14.4. The predicted octanol–water partition coefficient (Wildman–Crippen LogP) is 3.48. The molecule has 5 nitrogen and oxygen atoms in total. The Balaban J connectivity index is 1.78. The predicted molar refractivity (Wildman–Crippen MR) is 92.1 cm³/mol. The quantitative estimate of drug-likeness (QED) is 0.455. The number of hydrogen-bond acceptors (Lipinski definition) is 3. The van der Waals surface area contributed by atoms with Gasteiger partial charge in [-0.2, -0.15) is 10.2 Å². The van der Waals surface area contributed by atoms with Gasteiger partial charge in [-0.1, -0.05) is 47.5 Å². The van der Waals surface area contributed by atoms with Crippen molar-refractivity contribution in [2.24, 2.45) is 10.2 Å². The molecule has 0 radical (unpaired) electrons. The monoisotopic (exact) mass is 333 g/mol. The molecule has 0 saturated heterocycles. The first-order valence-electron chi connectivity index (χ1n) is 6.31. The fraction of sp³-hybridized carbons (Fsp3) is 0. The molecule has 0 atom stereocenters. The van der Waals surface area contributed by atoms with Crippen LogP contribution in [0.4, 0.5) is 0 Å². The van der Waals surface area contributed by atoms with Gasteiger partial charge >= 0.3 is 0 Å². The molecule has 0 amide bonds. The lowest BCUT2D eigenvalue weighted by Gasteiger charge is -2.01. The molecule has 2 rings (SSSR count). The number of hydrazone groups is 2. The maximum Gasteiger partial charge on any atom is 0.230 e. The zero-order valence-corrected chi connectivity index (χ0v) is 12.9. The van der Waals surface area contributed by atoms with Gasteiger partial charge in [0.25, 0.3) is 0 Å². The fourth-order valence-electron chi connectivity index (χ4n) is 1.47. The van der Waals surface area contributed by atoms with E-state index in [9.17, 15) is 0 Å². The molecular weight excluding hydrogens is 321 g/mol. The molecule has 22 heavy (non-hydrogen) atoms. The molecule has 0 bridgehead atoms. The summed E-state index contributed by atoms with van der Waals surface area (Å²) < 4.78 is 0. The molecule has 112 valence electrons. The minimum Gasteiger partial charge on any atom is -0.266 e. The Labute approximate surface area is 138 Å². The highest BCUT2D eigenvalue weighted by atomic mass is 35.5. The average molecular weight is 334 g/mol. The first-order chi connectivity index (χ1) is 10.6. The maximum absolute atomic E-state index is 7.60. The van der Waals surface area contributed by atoms with Crippen LogP contribution in [0, 0.1) is 5.41 Å². The second kappa shape index (κ2) is 8.17. The Kier molecular flexibility index (Phi) is 5.94. The van der Waals surface area contributed by atoms with E-state index in [0.29, 0.717) is 10.0 Å². The van der Waals surface area contributed by atoms with E-state index in [1.165, 1.54) is 0 Å². The Morgan fingerprint density at radius 2 is 1.14 bits per heavy atom. The largest absolute Gasteiger partial charge is 0.266 e. The van der Waals surface area contributed by atoms with Crippen molar-refractivity contribution in [2.45, 2.75) is 0 Å². The van der Waals surface area contributed by atoms with Crippen LogP contribution in [0.15, 0.2) is 58.7 Å². The van der Waals surface area contributed by atoms with Gasteiger partial charge in [0, 0.05) is 10.0 Å². The minimum absolute atomic E-state index is 0.0459. The number of nitrogens with zero attached hydrogens (tertiary/aromatic N) is 2. The molecule has 0 aliphatic carbocycles. The van der Waals surface area contributed by atoms with E-state index in [1.54, 1.807) is 36.7 Å². The zero-order valence-electron chi connectivity index (χ0n) is 11.4. The number of nitrogens with one attached hydrogen (secondary N) is 3. The molecule has 0 spiro atoms. The van der Waals surface area contributed by atoms with Gasteiger partial charge < -0.3 is 0 Å². The molecular formula is C15H13Cl2N5. The molecule has 0 aliphatic rings. The van der Waals surface area contributed by atoms with Gasteiger partial charge in [-0.05, 0) is 35.4 Å². The molecule has 2 aromatic rings. The second-order valence-corrected chi connectivity index (χ2v) is 5.09. The lowest BCUT2D eigenvalue weighted by Crippen LogP contribution is -2.29. The number of benzene rings is 2. The van der Waals surface area contributed by atoms with Crippen LogP contribution in [0.25, 0.3) is 0 Å². The van der Waals surface area contributed by atoms with Crippen LogP contribution in [-0.2, 0) is 0 Å². The summed E-state index contributed by atoms with van der Waals surface area (Å²) in [4.78, 5) is 0. The molecule has 0 aromatic heterocycles. The Morgan fingerprint density at radius 3 is 1.50 bits per heavy atom. The highest BCUT2D eigenvalue weighted by Gasteiger charge is 1.92. The summed E-state index contributed by atoms with van der Waals surface area (Å²) in [7, 11) is 0. The number of rotatable bonds is 4. The SMILES string of the molecule is N=C(N/N=C/c1ccc(Cl)cc1)N/N=C/c1ccc(Cl)cc1. The van der Waals surface area contributed by atoms with Crippen LogP contribution in [0.2, 0.25) is 10.0 Å². The third-order valence-corrected chi connectivity index (χ3v) is 3.02. The van der Waals surface area contributed by atoms with Gasteiger partial charge in [-0.3, -0.25) is 5.41 Å². The van der Waals surface area contributed by atoms with Crippen molar-refractivity contribution in [1.82, 2.24) is 10.9 Å². The van der Waals surface area contributed by atoms with Crippen LogP contribution < -0.4 is 10.9 Å². The first kappa shape index (κ1) is 16.0. The van der Waals surface area contributed by atoms with Crippen molar-refractivity contribution >= 4 is 41.6 Å². The molecule has 0 saturated carbocycles. The van der Waals surface area contributed by atoms with Gasteiger partial charge in [0.15, 0.2) is 0 Å². The summed E-state index contributed by atoms with van der Waals surface area (Å²) in [5.74, 6) is -0.0459. The average Bonchev–Trinajstić information content (AvgIpc) is 2.51. The van der Waals surface area contributed by atoms with Gasteiger partial charge in [0.2, 0.25) is 5.96 Å². The van der Waals surface area contributed by atoms with E-state index in [2.05, 4.69) is 21.1 Å². The number of halogens is 2. The van der Waals surface area contributed by atoms with Gasteiger partial charge in [0.05, 0.1) is 12.4 Å². The van der Waals surface area contributed by atoms with E-state index in [0.717, 1.165) is 11.1 Å². The van der Waals surface area contributed by atoms with Crippen LogP contribution in [0.3, 0.4) is 0 Å². The van der Waals surface area contributed by atoms with E-state index >= 15 is 0 Å². The fourth-order valence-corrected chi connectivity index (χ4v) is 1.72. The lowest BCUT2D eigenvalue weighted by atomic mass is 10.2. The standard InChI is InChI=1S/C15H13Cl2N5/c16-13-5-1-11(2-6-13)9-19-21-15(18)22-20-10-12-3-7-14(17)8-4-12/h1-10H,(H3,18,21,22)/b19-9+,20-10+. The summed E-state index contributed by atoms with van der Waals surface area (Å²) >= 11 is 11.6. The number of guanidine groups is 1. The Hall–Kier alpha value is -2.37. The summed E-state index contributed by atoms with van der Waals surface area (Å²) in [5.41, 5.74) is 6.77. The third-order valence-electron chi connectivity index (χ3n) is 2.52.